The summed E-state index contributed by atoms with van der Waals surface area (Å²) in [4.78, 5) is 12.0. The lowest BCUT2D eigenvalue weighted by Crippen LogP contribution is -2.03. The SMILES string of the molecule is Cn1nccc1C(=O)/C=C\c1ccc(COc2ccc(Br)cc2)o1. The van der Waals surface area contributed by atoms with E-state index in [1.807, 2.05) is 30.3 Å². The number of ketones is 1. The van der Waals surface area contributed by atoms with Gasteiger partial charge in [0.2, 0.25) is 5.78 Å². The second kappa shape index (κ2) is 7.31. The fourth-order valence-electron chi connectivity index (χ4n) is 2.11. The number of hydrogen-bond acceptors (Lipinski definition) is 4. The van der Waals surface area contributed by atoms with Crippen LogP contribution < -0.4 is 4.74 Å². The van der Waals surface area contributed by atoms with E-state index in [9.17, 15) is 4.79 Å². The molecule has 0 saturated heterocycles. The number of ether oxygens (including phenoxy) is 1. The van der Waals surface area contributed by atoms with E-state index in [1.54, 1.807) is 31.5 Å². The Morgan fingerprint density at radius 1 is 1.25 bits per heavy atom. The van der Waals surface area contributed by atoms with Crippen molar-refractivity contribution in [2.75, 3.05) is 0 Å². The number of aromatic nitrogens is 2. The molecule has 0 radical (unpaired) electrons. The number of nitrogens with zero attached hydrogens (tertiary/aromatic N) is 2. The van der Waals surface area contributed by atoms with Crippen molar-refractivity contribution in [3.05, 3.63) is 76.4 Å². The van der Waals surface area contributed by atoms with Gasteiger partial charge in [-0.1, -0.05) is 15.9 Å². The van der Waals surface area contributed by atoms with Gasteiger partial charge in [-0.15, -0.1) is 0 Å². The van der Waals surface area contributed by atoms with Gasteiger partial charge in [0.25, 0.3) is 0 Å². The van der Waals surface area contributed by atoms with Gasteiger partial charge in [0.15, 0.2) is 0 Å². The number of aryl methyl sites for hydroxylation is 1. The summed E-state index contributed by atoms with van der Waals surface area (Å²) in [6, 6.07) is 12.9. The minimum absolute atomic E-state index is 0.126. The molecule has 3 rings (SSSR count). The predicted octanol–water partition coefficient (Wildman–Crippen LogP) is 4.25. The maximum absolute atomic E-state index is 12.0. The monoisotopic (exact) mass is 386 g/mol. The van der Waals surface area contributed by atoms with Crippen molar-refractivity contribution in [3.63, 3.8) is 0 Å². The highest BCUT2D eigenvalue weighted by Crippen LogP contribution is 2.18. The molecule has 2 aromatic heterocycles. The summed E-state index contributed by atoms with van der Waals surface area (Å²) >= 11 is 3.38. The molecule has 6 heteroatoms. The van der Waals surface area contributed by atoms with E-state index in [1.165, 1.54) is 10.8 Å². The van der Waals surface area contributed by atoms with Crippen molar-refractivity contribution in [1.82, 2.24) is 9.78 Å². The summed E-state index contributed by atoms with van der Waals surface area (Å²) in [6.07, 6.45) is 4.69. The zero-order valence-electron chi connectivity index (χ0n) is 13.0. The smallest absolute Gasteiger partial charge is 0.203 e. The van der Waals surface area contributed by atoms with Crippen LogP contribution in [-0.4, -0.2) is 15.6 Å². The highest BCUT2D eigenvalue weighted by atomic mass is 79.9. The lowest BCUT2D eigenvalue weighted by Gasteiger charge is -2.03. The van der Waals surface area contributed by atoms with E-state index < -0.39 is 0 Å². The molecule has 0 unspecified atom stereocenters. The molecule has 0 N–H and O–H groups in total. The van der Waals surface area contributed by atoms with Crippen LogP contribution in [0.15, 0.2) is 63.6 Å². The largest absolute Gasteiger partial charge is 0.486 e. The highest BCUT2D eigenvalue weighted by molar-refractivity contribution is 9.10. The fraction of sp³-hybridized carbons (Fsp3) is 0.111. The lowest BCUT2D eigenvalue weighted by atomic mass is 10.2. The van der Waals surface area contributed by atoms with Crippen molar-refractivity contribution in [3.8, 4) is 5.75 Å². The molecule has 0 aliphatic heterocycles. The molecule has 0 amide bonds. The van der Waals surface area contributed by atoms with Crippen LogP contribution in [0.25, 0.3) is 6.08 Å². The molecule has 3 aromatic rings. The maximum atomic E-state index is 12.0. The fourth-order valence-corrected chi connectivity index (χ4v) is 2.37. The van der Waals surface area contributed by atoms with E-state index in [0.717, 1.165) is 10.2 Å². The topological polar surface area (TPSA) is 57.3 Å². The Bertz CT molecular complexity index is 863. The molecule has 2 heterocycles. The Labute approximate surface area is 147 Å². The van der Waals surface area contributed by atoms with E-state index >= 15 is 0 Å². The van der Waals surface area contributed by atoms with Gasteiger partial charge in [-0.2, -0.15) is 5.10 Å². The number of carbonyl (C=O) groups is 1. The first-order valence-electron chi connectivity index (χ1n) is 7.29. The second-order valence-corrected chi connectivity index (χ2v) is 6.00. The van der Waals surface area contributed by atoms with Crippen molar-refractivity contribution in [2.45, 2.75) is 6.61 Å². The molecule has 0 aliphatic carbocycles. The van der Waals surface area contributed by atoms with Gasteiger partial charge >= 0.3 is 0 Å². The Morgan fingerprint density at radius 3 is 2.75 bits per heavy atom. The minimum atomic E-state index is -0.126. The normalized spacial score (nSPS) is 11.1. The number of carbonyl (C=O) groups excluding carboxylic acids is 1. The summed E-state index contributed by atoms with van der Waals surface area (Å²) in [5.74, 6) is 1.92. The van der Waals surface area contributed by atoms with E-state index in [0.29, 0.717) is 23.8 Å². The molecular weight excluding hydrogens is 372 g/mol. The Balaban J connectivity index is 1.59. The Kier molecular flexibility index (Phi) is 4.96. The first-order valence-corrected chi connectivity index (χ1v) is 8.08. The molecule has 0 fully saturated rings. The standard InChI is InChI=1S/C18H15BrN2O3/c1-21-17(10-11-20-21)18(22)9-8-15-6-7-16(24-15)12-23-14-4-2-13(19)3-5-14/h2-11H,12H2,1H3/b9-8-. The van der Waals surface area contributed by atoms with E-state index in [-0.39, 0.29) is 5.78 Å². The van der Waals surface area contributed by atoms with Crippen molar-refractivity contribution < 1.29 is 13.9 Å². The zero-order valence-corrected chi connectivity index (χ0v) is 14.6. The predicted molar refractivity (Wildman–Crippen MR) is 93.8 cm³/mol. The third kappa shape index (κ3) is 4.02. The maximum Gasteiger partial charge on any atom is 0.203 e. The summed E-state index contributed by atoms with van der Waals surface area (Å²) in [5, 5.41) is 3.97. The molecule has 5 nitrogen and oxygen atoms in total. The quantitative estimate of drug-likeness (QED) is 0.469. The minimum Gasteiger partial charge on any atom is -0.486 e. The van der Waals surface area contributed by atoms with Crippen LogP contribution in [0.5, 0.6) is 5.75 Å². The van der Waals surface area contributed by atoms with Gasteiger partial charge in [-0.3, -0.25) is 9.48 Å². The molecule has 0 atom stereocenters. The van der Waals surface area contributed by atoms with E-state index in [4.69, 9.17) is 9.15 Å². The summed E-state index contributed by atoms with van der Waals surface area (Å²) in [6.45, 7) is 0.325. The number of rotatable bonds is 6. The van der Waals surface area contributed by atoms with Crippen LogP contribution in [-0.2, 0) is 13.7 Å². The Hall–Kier alpha value is -2.60. The summed E-state index contributed by atoms with van der Waals surface area (Å²) in [7, 11) is 1.73. The number of hydrogen-bond donors (Lipinski definition) is 0. The van der Waals surface area contributed by atoms with Crippen molar-refractivity contribution >= 4 is 27.8 Å². The van der Waals surface area contributed by atoms with Gasteiger partial charge in [0, 0.05) is 17.7 Å². The van der Waals surface area contributed by atoms with Gasteiger partial charge in [0.1, 0.15) is 29.6 Å². The third-order valence-corrected chi connectivity index (χ3v) is 3.88. The number of allylic oxidation sites excluding steroid dienone is 1. The van der Waals surface area contributed by atoms with Crippen LogP contribution in [0.4, 0.5) is 0 Å². The number of furan rings is 1. The van der Waals surface area contributed by atoms with Gasteiger partial charge < -0.3 is 9.15 Å². The molecule has 1 aromatic carbocycles. The highest BCUT2D eigenvalue weighted by Gasteiger charge is 2.07. The molecular formula is C18H15BrN2O3. The molecule has 0 aliphatic rings. The van der Waals surface area contributed by atoms with E-state index in [2.05, 4.69) is 21.0 Å². The lowest BCUT2D eigenvalue weighted by molar-refractivity contribution is 0.103. The number of halogens is 1. The van der Waals surface area contributed by atoms with Crippen LogP contribution >= 0.6 is 15.9 Å². The number of benzene rings is 1. The third-order valence-electron chi connectivity index (χ3n) is 3.35. The first kappa shape index (κ1) is 16.3. The molecule has 0 saturated carbocycles. The first-order chi connectivity index (χ1) is 11.6. The Morgan fingerprint density at radius 2 is 2.04 bits per heavy atom. The van der Waals surface area contributed by atoms with Gasteiger partial charge in [-0.05, 0) is 54.6 Å². The molecule has 24 heavy (non-hydrogen) atoms. The molecule has 122 valence electrons. The van der Waals surface area contributed by atoms with Crippen LogP contribution in [0.1, 0.15) is 22.0 Å². The second-order valence-electron chi connectivity index (χ2n) is 5.08. The average molecular weight is 387 g/mol. The van der Waals surface area contributed by atoms with Gasteiger partial charge in [0.05, 0.1) is 0 Å². The molecule has 0 spiro atoms. The van der Waals surface area contributed by atoms with Gasteiger partial charge in [-0.25, -0.2) is 0 Å². The zero-order chi connectivity index (χ0) is 16.9. The average Bonchev–Trinajstić information content (AvgIpc) is 3.21. The van der Waals surface area contributed by atoms with Crippen molar-refractivity contribution in [1.29, 1.82) is 0 Å². The van der Waals surface area contributed by atoms with Crippen molar-refractivity contribution in [2.24, 2.45) is 7.05 Å². The van der Waals surface area contributed by atoms with Crippen LogP contribution in [0, 0.1) is 0 Å². The molecule has 0 bridgehead atoms. The summed E-state index contributed by atoms with van der Waals surface area (Å²) in [5.41, 5.74) is 0.525. The van der Waals surface area contributed by atoms with Crippen LogP contribution in [0.3, 0.4) is 0 Å². The van der Waals surface area contributed by atoms with Crippen LogP contribution in [0.2, 0.25) is 0 Å². The summed E-state index contributed by atoms with van der Waals surface area (Å²) < 4.78 is 13.8.